The van der Waals surface area contributed by atoms with E-state index in [4.69, 9.17) is 9.47 Å². The zero-order valence-electron chi connectivity index (χ0n) is 24.0. The van der Waals surface area contributed by atoms with E-state index in [-0.39, 0.29) is 42.3 Å². The van der Waals surface area contributed by atoms with Crippen LogP contribution in [0.25, 0.3) is 0 Å². The standard InChI is InChI=1S/C32H36F2N4O4/c1-3-42-29(40)26-25-27(38(35-26)23-8-10-24(41-2)11-9-23)28(39)37(19-31(25)14-15-31)22-6-4-21(5-7-22)30(12-13-30)18-36-17-16-32(33,34)20-36/h4-11,26,35H,3,12-20H2,1-2H3. The monoisotopic (exact) mass is 578 g/mol. The lowest BCUT2D eigenvalue weighted by atomic mass is 9.84. The predicted octanol–water partition coefficient (Wildman–Crippen LogP) is 4.41. The molecule has 2 aromatic carbocycles. The summed E-state index contributed by atoms with van der Waals surface area (Å²) in [5.41, 5.74) is 6.83. The van der Waals surface area contributed by atoms with Crippen molar-refractivity contribution in [2.45, 2.75) is 56.4 Å². The number of likely N-dealkylation sites (tertiary alicyclic amines) is 1. The minimum Gasteiger partial charge on any atom is -0.497 e. The van der Waals surface area contributed by atoms with Crippen LogP contribution in [0.1, 0.15) is 44.6 Å². The summed E-state index contributed by atoms with van der Waals surface area (Å²) in [5, 5.41) is 1.73. The van der Waals surface area contributed by atoms with Gasteiger partial charge in [-0.25, -0.2) is 19.0 Å². The molecule has 1 atom stereocenters. The number of amides is 1. The topological polar surface area (TPSA) is 74.3 Å². The summed E-state index contributed by atoms with van der Waals surface area (Å²) >= 11 is 0. The van der Waals surface area contributed by atoms with Crippen LogP contribution in [-0.4, -0.2) is 68.6 Å². The second kappa shape index (κ2) is 9.77. The van der Waals surface area contributed by atoms with E-state index in [0.717, 1.165) is 48.2 Å². The van der Waals surface area contributed by atoms with Crippen LogP contribution >= 0.6 is 0 Å². The molecule has 3 aliphatic heterocycles. The lowest BCUT2D eigenvalue weighted by Gasteiger charge is -2.36. The number of esters is 1. The van der Waals surface area contributed by atoms with Gasteiger partial charge in [0.15, 0.2) is 0 Å². The summed E-state index contributed by atoms with van der Waals surface area (Å²) < 4.78 is 38.3. The van der Waals surface area contributed by atoms with Crippen LogP contribution in [0.15, 0.2) is 59.8 Å². The summed E-state index contributed by atoms with van der Waals surface area (Å²) in [6.45, 7) is 3.43. The van der Waals surface area contributed by atoms with Gasteiger partial charge in [0.1, 0.15) is 17.5 Å². The number of anilines is 2. The summed E-state index contributed by atoms with van der Waals surface area (Å²) in [6, 6.07) is 14.7. The summed E-state index contributed by atoms with van der Waals surface area (Å²) in [5.74, 6) is -2.47. The van der Waals surface area contributed by atoms with Crippen molar-refractivity contribution in [3.8, 4) is 5.75 Å². The average Bonchev–Trinajstić information content (AvgIpc) is 3.87. The first-order valence-corrected chi connectivity index (χ1v) is 14.8. The summed E-state index contributed by atoms with van der Waals surface area (Å²) in [7, 11) is 1.60. The van der Waals surface area contributed by atoms with Gasteiger partial charge in [0, 0.05) is 42.6 Å². The Morgan fingerprint density at radius 1 is 0.976 bits per heavy atom. The molecule has 1 unspecified atom stereocenters. The zero-order valence-corrected chi connectivity index (χ0v) is 24.0. The molecule has 0 bridgehead atoms. The molecule has 2 aromatic rings. The first-order valence-electron chi connectivity index (χ1n) is 14.8. The van der Waals surface area contributed by atoms with E-state index in [1.165, 1.54) is 0 Å². The number of hydrazine groups is 1. The third kappa shape index (κ3) is 4.55. The van der Waals surface area contributed by atoms with Gasteiger partial charge in [0.25, 0.3) is 11.8 Å². The van der Waals surface area contributed by atoms with Gasteiger partial charge in [-0.1, -0.05) is 12.1 Å². The number of benzene rings is 2. The maximum absolute atomic E-state index is 14.3. The Morgan fingerprint density at radius 2 is 1.67 bits per heavy atom. The molecule has 1 amide bonds. The van der Waals surface area contributed by atoms with Crippen molar-refractivity contribution >= 4 is 23.3 Å². The lowest BCUT2D eigenvalue weighted by Crippen LogP contribution is -2.46. The molecule has 42 heavy (non-hydrogen) atoms. The van der Waals surface area contributed by atoms with Gasteiger partial charge in [-0.3, -0.25) is 14.7 Å². The fourth-order valence-electron chi connectivity index (χ4n) is 7.04. The molecule has 3 heterocycles. The van der Waals surface area contributed by atoms with Gasteiger partial charge in [-0.05, 0) is 80.1 Å². The number of ether oxygens (including phenoxy) is 2. The van der Waals surface area contributed by atoms with Gasteiger partial charge < -0.3 is 14.4 Å². The first kappa shape index (κ1) is 27.3. The van der Waals surface area contributed by atoms with Gasteiger partial charge >= 0.3 is 5.97 Å². The van der Waals surface area contributed by atoms with Crippen molar-refractivity contribution in [1.29, 1.82) is 0 Å². The fraction of sp³-hybridized carbons (Fsp3) is 0.500. The molecular formula is C32H36F2N4O4. The van der Waals surface area contributed by atoms with E-state index < -0.39 is 12.0 Å². The summed E-state index contributed by atoms with van der Waals surface area (Å²) in [6.07, 6.45) is 3.65. The Labute approximate surface area is 244 Å². The number of nitrogens with one attached hydrogen (secondary N) is 1. The normalized spacial score (nSPS) is 25.1. The van der Waals surface area contributed by atoms with Crippen LogP contribution in [0.5, 0.6) is 5.75 Å². The van der Waals surface area contributed by atoms with Crippen molar-refractivity contribution in [2.24, 2.45) is 5.41 Å². The molecule has 1 saturated heterocycles. The van der Waals surface area contributed by atoms with Gasteiger partial charge in [-0.15, -0.1) is 0 Å². The van der Waals surface area contributed by atoms with Gasteiger partial charge in [-0.2, -0.15) is 0 Å². The molecular weight excluding hydrogens is 542 g/mol. The third-order valence-electron chi connectivity index (χ3n) is 9.63. The van der Waals surface area contributed by atoms with E-state index in [1.54, 1.807) is 19.0 Å². The molecule has 8 nitrogen and oxygen atoms in total. The van der Waals surface area contributed by atoms with E-state index in [0.29, 0.717) is 31.1 Å². The van der Waals surface area contributed by atoms with Crippen LogP contribution in [0, 0.1) is 5.41 Å². The van der Waals surface area contributed by atoms with Crippen LogP contribution in [0.2, 0.25) is 0 Å². The third-order valence-corrected chi connectivity index (χ3v) is 9.63. The van der Waals surface area contributed by atoms with Crippen LogP contribution in [0.4, 0.5) is 20.2 Å². The quantitative estimate of drug-likeness (QED) is 0.466. The number of carbonyl (C=O) groups is 2. The zero-order chi connectivity index (χ0) is 29.3. The highest BCUT2D eigenvalue weighted by Crippen LogP contribution is 2.59. The van der Waals surface area contributed by atoms with Gasteiger partial charge in [0.2, 0.25) is 0 Å². The Kier molecular flexibility index (Phi) is 6.36. The highest BCUT2D eigenvalue weighted by atomic mass is 19.3. The molecule has 2 saturated carbocycles. The number of hydrogen-bond acceptors (Lipinski definition) is 7. The molecule has 3 fully saturated rings. The number of carbonyl (C=O) groups excluding carboxylic acids is 2. The Morgan fingerprint density at radius 3 is 2.24 bits per heavy atom. The van der Waals surface area contributed by atoms with Crippen LogP contribution in [0.3, 0.4) is 0 Å². The van der Waals surface area contributed by atoms with Crippen molar-refractivity contribution in [3.05, 3.63) is 65.4 Å². The molecule has 5 aliphatic rings. The number of alkyl halides is 2. The van der Waals surface area contributed by atoms with E-state index >= 15 is 0 Å². The molecule has 222 valence electrons. The number of nitrogens with zero attached hydrogens (tertiary/aromatic N) is 3. The smallest absolute Gasteiger partial charge is 0.329 e. The number of methoxy groups -OCH3 is 1. The lowest BCUT2D eigenvalue weighted by molar-refractivity contribution is -0.144. The highest BCUT2D eigenvalue weighted by Gasteiger charge is 2.60. The highest BCUT2D eigenvalue weighted by molar-refractivity contribution is 6.11. The molecule has 7 rings (SSSR count). The minimum absolute atomic E-state index is 0.0713. The predicted molar refractivity (Wildman–Crippen MR) is 153 cm³/mol. The maximum atomic E-state index is 14.3. The number of fused-ring (bicyclic) bond motifs is 1. The first-order chi connectivity index (χ1) is 20.2. The van der Waals surface area contributed by atoms with E-state index in [9.17, 15) is 18.4 Å². The van der Waals surface area contributed by atoms with Crippen molar-refractivity contribution in [3.63, 3.8) is 0 Å². The molecule has 1 spiro atoms. The van der Waals surface area contributed by atoms with Gasteiger partial charge in [0.05, 0.1) is 25.9 Å². The van der Waals surface area contributed by atoms with Crippen molar-refractivity contribution in [2.75, 3.05) is 49.8 Å². The summed E-state index contributed by atoms with van der Waals surface area (Å²) in [4.78, 5) is 31.1. The Bertz CT molecular complexity index is 1430. The molecule has 2 aliphatic carbocycles. The Hall–Kier alpha value is -3.50. The molecule has 0 aromatic heterocycles. The molecule has 1 N–H and O–H groups in total. The fourth-order valence-corrected chi connectivity index (χ4v) is 7.04. The van der Waals surface area contributed by atoms with Crippen molar-refractivity contribution in [1.82, 2.24) is 10.3 Å². The molecule has 0 radical (unpaired) electrons. The average molecular weight is 579 g/mol. The second-order valence-electron chi connectivity index (χ2n) is 12.4. The second-order valence-corrected chi connectivity index (χ2v) is 12.4. The Balaban J connectivity index is 1.19. The largest absolute Gasteiger partial charge is 0.497 e. The number of rotatable bonds is 8. The number of hydrogen-bond donors (Lipinski definition) is 1. The minimum atomic E-state index is -2.60. The SMILES string of the molecule is CCOC(=O)C1NN(c2ccc(OC)cc2)C2=C1C1(CC1)CN(c1ccc(C3(CN4CCC(F)(F)C4)CC3)cc1)C2=O. The maximum Gasteiger partial charge on any atom is 0.329 e. The van der Waals surface area contributed by atoms with Crippen LogP contribution in [-0.2, 0) is 19.7 Å². The van der Waals surface area contributed by atoms with Crippen molar-refractivity contribution < 1.29 is 27.8 Å². The van der Waals surface area contributed by atoms with E-state index in [2.05, 4.69) is 17.6 Å². The molecule has 10 heteroatoms. The van der Waals surface area contributed by atoms with Crippen LogP contribution < -0.4 is 20.1 Å². The number of halogens is 2. The van der Waals surface area contributed by atoms with E-state index in [1.807, 2.05) is 46.2 Å².